The Bertz CT molecular complexity index is 715. The molecule has 2 aromatic carbocycles. The van der Waals surface area contributed by atoms with Gasteiger partial charge < -0.3 is 4.74 Å². The van der Waals surface area contributed by atoms with E-state index in [9.17, 15) is 9.59 Å². The van der Waals surface area contributed by atoms with Gasteiger partial charge in [-0.3, -0.25) is 10.2 Å². The Morgan fingerprint density at radius 2 is 1.59 bits per heavy atom. The number of hydrogen-bond acceptors (Lipinski definition) is 4. The molecule has 114 valence electrons. The number of nitrogens with one attached hydrogen (secondary N) is 1. The Balaban J connectivity index is 2.33. The molecule has 0 saturated heterocycles. The van der Waals surface area contributed by atoms with Crippen molar-refractivity contribution >= 4 is 11.9 Å². The van der Waals surface area contributed by atoms with Gasteiger partial charge in [0, 0.05) is 5.56 Å². The predicted octanol–water partition coefficient (Wildman–Crippen LogP) is 2.43. The molecule has 0 aliphatic rings. The second kappa shape index (κ2) is 6.41. The van der Waals surface area contributed by atoms with Crippen molar-refractivity contribution in [3.63, 3.8) is 0 Å². The van der Waals surface area contributed by atoms with Gasteiger partial charge in [-0.25, -0.2) is 10.6 Å². The lowest BCUT2D eigenvalue weighted by atomic mass is 10.0. The summed E-state index contributed by atoms with van der Waals surface area (Å²) in [5.74, 6) is 4.79. The Kier molecular flexibility index (Phi) is 4.58. The fourth-order valence-electron chi connectivity index (χ4n) is 2.28. The number of ether oxygens (including phenoxy) is 1. The number of esters is 1. The second-order valence-electron chi connectivity index (χ2n) is 5.12. The summed E-state index contributed by atoms with van der Waals surface area (Å²) >= 11 is 0. The smallest absolute Gasteiger partial charge is 0.343 e. The van der Waals surface area contributed by atoms with Crippen LogP contribution in [0.5, 0.6) is 5.75 Å². The number of carbonyl (C=O) groups is 2. The van der Waals surface area contributed by atoms with Gasteiger partial charge in [0.2, 0.25) is 0 Å². The number of hydrogen-bond donors (Lipinski definition) is 2. The summed E-state index contributed by atoms with van der Waals surface area (Å²) in [6, 6.07) is 10.5. The largest absolute Gasteiger partial charge is 0.422 e. The maximum absolute atomic E-state index is 12.3. The van der Waals surface area contributed by atoms with Crippen LogP contribution in [0.3, 0.4) is 0 Å². The van der Waals surface area contributed by atoms with E-state index in [4.69, 9.17) is 10.6 Å². The standard InChI is InChI=1S/C17H18N2O3/c1-10-6-4-5-7-14(10)17(21)22-15-11(2)8-13(9-12(15)3)16(20)19-18/h4-9H,18H2,1-3H3,(H,19,20). The monoisotopic (exact) mass is 298 g/mol. The summed E-state index contributed by atoms with van der Waals surface area (Å²) in [4.78, 5) is 23.9. The molecule has 0 unspecified atom stereocenters. The number of amides is 1. The van der Waals surface area contributed by atoms with Crippen molar-refractivity contribution in [2.45, 2.75) is 20.8 Å². The number of nitrogens with two attached hydrogens (primary N) is 1. The van der Waals surface area contributed by atoms with Crippen molar-refractivity contribution in [2.24, 2.45) is 5.84 Å². The maximum atomic E-state index is 12.3. The third-order valence-electron chi connectivity index (χ3n) is 3.41. The first-order valence-electron chi connectivity index (χ1n) is 6.84. The molecule has 0 aliphatic heterocycles. The first kappa shape index (κ1) is 15.7. The van der Waals surface area contributed by atoms with Crippen molar-refractivity contribution in [3.8, 4) is 5.75 Å². The fraction of sp³-hybridized carbons (Fsp3) is 0.176. The zero-order chi connectivity index (χ0) is 16.3. The van der Waals surface area contributed by atoms with E-state index in [-0.39, 0.29) is 5.91 Å². The van der Waals surface area contributed by atoms with Crippen LogP contribution < -0.4 is 16.0 Å². The van der Waals surface area contributed by atoms with E-state index in [1.165, 1.54) is 0 Å². The molecule has 5 heteroatoms. The van der Waals surface area contributed by atoms with Gasteiger partial charge >= 0.3 is 5.97 Å². The van der Waals surface area contributed by atoms with Crippen LogP contribution in [0.4, 0.5) is 0 Å². The molecule has 0 saturated carbocycles. The van der Waals surface area contributed by atoms with Crippen molar-refractivity contribution in [1.82, 2.24) is 5.43 Å². The van der Waals surface area contributed by atoms with Crippen molar-refractivity contribution in [2.75, 3.05) is 0 Å². The quantitative estimate of drug-likeness (QED) is 0.300. The lowest BCUT2D eigenvalue weighted by Gasteiger charge is -2.13. The normalized spacial score (nSPS) is 10.2. The van der Waals surface area contributed by atoms with Crippen molar-refractivity contribution < 1.29 is 14.3 Å². The highest BCUT2D eigenvalue weighted by Gasteiger charge is 2.16. The number of hydrazine groups is 1. The highest BCUT2D eigenvalue weighted by Crippen LogP contribution is 2.26. The zero-order valence-corrected chi connectivity index (χ0v) is 12.8. The molecule has 0 fully saturated rings. The summed E-state index contributed by atoms with van der Waals surface area (Å²) in [7, 11) is 0. The molecule has 0 heterocycles. The molecule has 0 bridgehead atoms. The minimum atomic E-state index is -0.416. The lowest BCUT2D eigenvalue weighted by Crippen LogP contribution is -2.30. The third kappa shape index (κ3) is 3.15. The van der Waals surface area contributed by atoms with Crippen molar-refractivity contribution in [1.29, 1.82) is 0 Å². The molecule has 0 aromatic heterocycles. The van der Waals surface area contributed by atoms with E-state index in [0.717, 1.165) is 5.56 Å². The molecule has 2 rings (SSSR count). The van der Waals surface area contributed by atoms with E-state index >= 15 is 0 Å². The highest BCUT2D eigenvalue weighted by molar-refractivity contribution is 5.95. The number of aryl methyl sites for hydroxylation is 3. The van der Waals surface area contributed by atoms with E-state index in [2.05, 4.69) is 5.43 Å². The van der Waals surface area contributed by atoms with Crippen LogP contribution in [-0.4, -0.2) is 11.9 Å². The van der Waals surface area contributed by atoms with Gasteiger partial charge in [0.05, 0.1) is 5.56 Å². The summed E-state index contributed by atoms with van der Waals surface area (Å²) in [6.07, 6.45) is 0. The minimum absolute atomic E-state index is 0.386. The van der Waals surface area contributed by atoms with Crippen LogP contribution in [-0.2, 0) is 0 Å². The van der Waals surface area contributed by atoms with Gasteiger partial charge in [-0.15, -0.1) is 0 Å². The summed E-state index contributed by atoms with van der Waals surface area (Å²) in [6.45, 7) is 5.41. The van der Waals surface area contributed by atoms with Gasteiger partial charge in [0.15, 0.2) is 0 Å². The van der Waals surface area contributed by atoms with Gasteiger partial charge in [-0.05, 0) is 55.7 Å². The van der Waals surface area contributed by atoms with E-state index < -0.39 is 5.97 Å². The molecule has 2 aromatic rings. The molecule has 1 amide bonds. The molecule has 22 heavy (non-hydrogen) atoms. The van der Waals surface area contributed by atoms with E-state index in [1.54, 1.807) is 38.1 Å². The van der Waals surface area contributed by atoms with Crippen LogP contribution in [0.15, 0.2) is 36.4 Å². The summed E-state index contributed by atoms with van der Waals surface area (Å²) < 4.78 is 5.51. The second-order valence-corrected chi connectivity index (χ2v) is 5.12. The predicted molar refractivity (Wildman–Crippen MR) is 83.7 cm³/mol. The Morgan fingerprint density at radius 1 is 1.00 bits per heavy atom. The van der Waals surface area contributed by atoms with Gasteiger partial charge in [-0.1, -0.05) is 18.2 Å². The molecule has 0 spiro atoms. The first-order chi connectivity index (χ1) is 10.4. The van der Waals surface area contributed by atoms with Crippen LogP contribution in [0.2, 0.25) is 0 Å². The van der Waals surface area contributed by atoms with Crippen molar-refractivity contribution in [3.05, 3.63) is 64.2 Å². The Morgan fingerprint density at radius 3 is 2.14 bits per heavy atom. The molecule has 3 N–H and O–H groups in total. The number of rotatable bonds is 3. The average molecular weight is 298 g/mol. The Labute approximate surface area is 129 Å². The summed E-state index contributed by atoms with van der Waals surface area (Å²) in [5, 5.41) is 0. The number of carbonyl (C=O) groups excluding carboxylic acids is 2. The SMILES string of the molecule is Cc1ccccc1C(=O)Oc1c(C)cc(C(=O)NN)cc1C. The van der Waals surface area contributed by atoms with Gasteiger partial charge in [0.25, 0.3) is 5.91 Å². The fourth-order valence-corrected chi connectivity index (χ4v) is 2.28. The minimum Gasteiger partial charge on any atom is -0.422 e. The number of nitrogen functional groups attached to an aromatic ring is 1. The van der Waals surface area contributed by atoms with Crippen LogP contribution in [0, 0.1) is 20.8 Å². The topological polar surface area (TPSA) is 81.4 Å². The van der Waals surface area contributed by atoms with Crippen LogP contribution >= 0.6 is 0 Å². The Hall–Kier alpha value is -2.66. The molecule has 5 nitrogen and oxygen atoms in total. The average Bonchev–Trinajstić information content (AvgIpc) is 2.50. The van der Waals surface area contributed by atoms with Gasteiger partial charge in [-0.2, -0.15) is 0 Å². The molecule has 0 aliphatic carbocycles. The molecule has 0 atom stereocenters. The highest BCUT2D eigenvalue weighted by atomic mass is 16.5. The van der Waals surface area contributed by atoms with E-state index in [1.807, 2.05) is 19.1 Å². The summed E-state index contributed by atoms with van der Waals surface area (Å²) in [5.41, 5.74) is 5.26. The molecule has 0 radical (unpaired) electrons. The molecular weight excluding hydrogens is 280 g/mol. The maximum Gasteiger partial charge on any atom is 0.343 e. The number of benzene rings is 2. The van der Waals surface area contributed by atoms with Gasteiger partial charge in [0.1, 0.15) is 5.75 Å². The third-order valence-corrected chi connectivity index (χ3v) is 3.41. The zero-order valence-electron chi connectivity index (χ0n) is 12.8. The van der Waals surface area contributed by atoms with E-state index in [0.29, 0.717) is 28.0 Å². The van der Waals surface area contributed by atoms with Crippen LogP contribution in [0.1, 0.15) is 37.4 Å². The van der Waals surface area contributed by atoms with Crippen LogP contribution in [0.25, 0.3) is 0 Å². The lowest BCUT2D eigenvalue weighted by molar-refractivity contribution is 0.0731. The first-order valence-corrected chi connectivity index (χ1v) is 6.84. The molecular formula is C17H18N2O3.